The van der Waals surface area contributed by atoms with E-state index in [1.54, 1.807) is 24.9 Å². The van der Waals surface area contributed by atoms with Gasteiger partial charge in [-0.2, -0.15) is 0 Å². The fourth-order valence-electron chi connectivity index (χ4n) is 2.27. The number of hydrogen-bond donors (Lipinski definition) is 1. The van der Waals surface area contributed by atoms with Gasteiger partial charge in [-0.1, -0.05) is 0 Å². The highest BCUT2D eigenvalue weighted by molar-refractivity contribution is 5.62. The van der Waals surface area contributed by atoms with E-state index < -0.39 is 0 Å². The summed E-state index contributed by atoms with van der Waals surface area (Å²) in [5.41, 5.74) is 1.64. The van der Waals surface area contributed by atoms with Gasteiger partial charge in [0, 0.05) is 18.0 Å². The number of aromatic nitrogens is 2. The monoisotopic (exact) mass is 259 g/mol. The molecule has 0 spiro atoms. The van der Waals surface area contributed by atoms with Crippen LogP contribution in [0.5, 0.6) is 5.88 Å². The van der Waals surface area contributed by atoms with Gasteiger partial charge in [-0.05, 0) is 37.9 Å². The van der Waals surface area contributed by atoms with Crippen LogP contribution in [0.1, 0.15) is 12.8 Å². The third-order valence-corrected chi connectivity index (χ3v) is 3.37. The Hall–Kier alpha value is -1.88. The smallest absolute Gasteiger partial charge is 0.240 e. The van der Waals surface area contributed by atoms with E-state index in [0.717, 1.165) is 37.2 Å². The minimum absolute atomic E-state index is 0.586. The van der Waals surface area contributed by atoms with Crippen LogP contribution in [0.3, 0.4) is 0 Å². The molecule has 3 rings (SSSR count). The van der Waals surface area contributed by atoms with Crippen LogP contribution >= 0.6 is 0 Å². The molecule has 100 valence electrons. The van der Waals surface area contributed by atoms with E-state index in [0.29, 0.717) is 18.4 Å². The fraction of sp³-hybridized carbons (Fsp3) is 0.429. The maximum atomic E-state index is 5.86. The Kier molecular flexibility index (Phi) is 3.74. The molecule has 0 radical (unpaired) electrons. The Morgan fingerprint density at radius 2 is 2.11 bits per heavy atom. The van der Waals surface area contributed by atoms with Gasteiger partial charge in [0.15, 0.2) is 0 Å². The van der Waals surface area contributed by atoms with Gasteiger partial charge in [0.1, 0.15) is 5.69 Å². The molecule has 1 fully saturated rings. The maximum absolute atomic E-state index is 5.86. The zero-order chi connectivity index (χ0) is 12.9. The zero-order valence-electron chi connectivity index (χ0n) is 10.7. The fourth-order valence-corrected chi connectivity index (χ4v) is 2.27. The van der Waals surface area contributed by atoms with Crippen molar-refractivity contribution in [3.63, 3.8) is 0 Å². The van der Waals surface area contributed by atoms with E-state index in [9.17, 15) is 0 Å². The highest BCUT2D eigenvalue weighted by Gasteiger charge is 2.16. The molecule has 5 nitrogen and oxygen atoms in total. The van der Waals surface area contributed by atoms with Crippen LogP contribution in [0.2, 0.25) is 0 Å². The van der Waals surface area contributed by atoms with Gasteiger partial charge in [-0.3, -0.25) is 0 Å². The third-order valence-electron chi connectivity index (χ3n) is 3.37. The minimum Gasteiger partial charge on any atom is -0.476 e. The molecule has 19 heavy (non-hydrogen) atoms. The topological polar surface area (TPSA) is 60.2 Å². The van der Waals surface area contributed by atoms with Crippen LogP contribution in [0.25, 0.3) is 11.3 Å². The Balaban J connectivity index is 1.70. The van der Waals surface area contributed by atoms with E-state index in [1.165, 1.54) is 0 Å². The molecule has 2 aromatic rings. The second kappa shape index (κ2) is 5.84. The van der Waals surface area contributed by atoms with Crippen molar-refractivity contribution in [1.82, 2.24) is 15.3 Å². The normalized spacial score (nSPS) is 16.4. The summed E-state index contributed by atoms with van der Waals surface area (Å²) in [6, 6.07) is 1.86. The number of hydrogen-bond acceptors (Lipinski definition) is 5. The second-order valence-electron chi connectivity index (χ2n) is 4.73. The Labute approximate surface area is 112 Å². The van der Waals surface area contributed by atoms with Crippen molar-refractivity contribution in [3.05, 3.63) is 31.0 Å². The van der Waals surface area contributed by atoms with Gasteiger partial charge in [0.2, 0.25) is 5.88 Å². The summed E-state index contributed by atoms with van der Waals surface area (Å²) < 4.78 is 10.9. The van der Waals surface area contributed by atoms with Gasteiger partial charge >= 0.3 is 0 Å². The number of furan rings is 1. The highest BCUT2D eigenvalue weighted by atomic mass is 16.5. The van der Waals surface area contributed by atoms with Gasteiger partial charge in [-0.25, -0.2) is 9.97 Å². The molecule has 1 saturated heterocycles. The number of nitrogens with one attached hydrogen (secondary N) is 1. The summed E-state index contributed by atoms with van der Waals surface area (Å²) >= 11 is 0. The lowest BCUT2D eigenvalue weighted by molar-refractivity contribution is 0.209. The molecule has 0 atom stereocenters. The van der Waals surface area contributed by atoms with E-state index in [1.807, 2.05) is 6.07 Å². The van der Waals surface area contributed by atoms with Gasteiger partial charge < -0.3 is 14.5 Å². The molecule has 0 saturated carbocycles. The Bertz CT molecular complexity index is 507. The van der Waals surface area contributed by atoms with Crippen LogP contribution in [-0.4, -0.2) is 29.7 Å². The summed E-state index contributed by atoms with van der Waals surface area (Å²) in [7, 11) is 0. The molecule has 0 aromatic carbocycles. The van der Waals surface area contributed by atoms with Crippen molar-refractivity contribution in [3.8, 4) is 17.1 Å². The Morgan fingerprint density at radius 1 is 1.26 bits per heavy atom. The SMILES string of the molecule is c1cnc(-c2ccoc2)c(OCC2CCNCC2)n1. The van der Waals surface area contributed by atoms with Crippen molar-refractivity contribution >= 4 is 0 Å². The molecule has 0 bridgehead atoms. The van der Waals surface area contributed by atoms with Crippen molar-refractivity contribution in [1.29, 1.82) is 0 Å². The van der Waals surface area contributed by atoms with Crippen LogP contribution in [0.15, 0.2) is 35.4 Å². The maximum Gasteiger partial charge on any atom is 0.240 e. The molecule has 1 N–H and O–H groups in total. The number of nitrogens with zero attached hydrogens (tertiary/aromatic N) is 2. The van der Waals surface area contributed by atoms with Gasteiger partial charge in [-0.15, -0.1) is 0 Å². The van der Waals surface area contributed by atoms with Crippen LogP contribution in [-0.2, 0) is 0 Å². The van der Waals surface area contributed by atoms with Crippen molar-refractivity contribution in [2.45, 2.75) is 12.8 Å². The molecule has 5 heteroatoms. The number of piperidine rings is 1. The average molecular weight is 259 g/mol. The first-order valence-electron chi connectivity index (χ1n) is 6.60. The van der Waals surface area contributed by atoms with Crippen LogP contribution in [0.4, 0.5) is 0 Å². The first-order valence-corrected chi connectivity index (χ1v) is 6.60. The zero-order valence-corrected chi connectivity index (χ0v) is 10.7. The molecular formula is C14H17N3O2. The molecular weight excluding hydrogens is 242 g/mol. The summed E-state index contributed by atoms with van der Waals surface area (Å²) in [5.74, 6) is 1.18. The molecule has 2 aromatic heterocycles. The number of rotatable bonds is 4. The quantitative estimate of drug-likeness (QED) is 0.911. The predicted octanol–water partition coefficient (Wildman–Crippen LogP) is 2.12. The summed E-state index contributed by atoms with van der Waals surface area (Å²) in [6.07, 6.45) is 8.91. The van der Waals surface area contributed by atoms with Crippen molar-refractivity contribution < 1.29 is 9.15 Å². The van der Waals surface area contributed by atoms with Gasteiger partial charge in [0.05, 0.1) is 19.1 Å². The highest BCUT2D eigenvalue weighted by Crippen LogP contribution is 2.26. The van der Waals surface area contributed by atoms with Crippen LogP contribution in [0, 0.1) is 5.92 Å². The molecule has 0 unspecified atom stereocenters. The number of ether oxygens (including phenoxy) is 1. The lowest BCUT2D eigenvalue weighted by atomic mass is 9.99. The van der Waals surface area contributed by atoms with Crippen LogP contribution < -0.4 is 10.1 Å². The summed E-state index contributed by atoms with van der Waals surface area (Å²) in [5, 5.41) is 3.35. The standard InChI is InChI=1S/C14H17N3O2/c1-4-15-5-2-11(1)9-19-14-13(16-6-7-17-14)12-3-8-18-10-12/h3,6-8,10-11,15H,1-2,4-5,9H2. The average Bonchev–Trinajstić information content (AvgIpc) is 3.01. The lowest BCUT2D eigenvalue weighted by Gasteiger charge is -2.22. The Morgan fingerprint density at radius 3 is 2.89 bits per heavy atom. The molecule has 0 aliphatic carbocycles. The van der Waals surface area contributed by atoms with E-state index in [2.05, 4.69) is 15.3 Å². The second-order valence-corrected chi connectivity index (χ2v) is 4.73. The lowest BCUT2D eigenvalue weighted by Crippen LogP contribution is -2.30. The molecule has 3 heterocycles. The summed E-state index contributed by atoms with van der Waals surface area (Å²) in [4.78, 5) is 8.60. The minimum atomic E-state index is 0.586. The van der Waals surface area contributed by atoms with E-state index >= 15 is 0 Å². The molecule has 1 aliphatic rings. The van der Waals surface area contributed by atoms with Gasteiger partial charge in [0.25, 0.3) is 0 Å². The van der Waals surface area contributed by atoms with E-state index in [-0.39, 0.29) is 0 Å². The first-order chi connectivity index (χ1) is 9.43. The first kappa shape index (κ1) is 12.2. The molecule has 0 amide bonds. The molecule has 1 aliphatic heterocycles. The summed E-state index contributed by atoms with van der Waals surface area (Å²) in [6.45, 7) is 2.84. The third kappa shape index (κ3) is 2.93. The van der Waals surface area contributed by atoms with Crippen molar-refractivity contribution in [2.24, 2.45) is 5.92 Å². The van der Waals surface area contributed by atoms with E-state index in [4.69, 9.17) is 9.15 Å². The predicted molar refractivity (Wildman–Crippen MR) is 70.8 cm³/mol. The van der Waals surface area contributed by atoms with Crippen molar-refractivity contribution in [2.75, 3.05) is 19.7 Å². The largest absolute Gasteiger partial charge is 0.476 e.